The van der Waals surface area contributed by atoms with Gasteiger partial charge in [0.05, 0.1) is 30.6 Å². The molecule has 9 nitrogen and oxygen atoms in total. The van der Waals surface area contributed by atoms with E-state index in [0.717, 1.165) is 23.1 Å². The van der Waals surface area contributed by atoms with Crippen LogP contribution < -0.4 is 5.32 Å². The van der Waals surface area contributed by atoms with Crippen LogP contribution in [0.2, 0.25) is 5.02 Å². The zero-order valence-electron chi connectivity index (χ0n) is 23.2. The van der Waals surface area contributed by atoms with Crippen LogP contribution in [0.5, 0.6) is 0 Å². The lowest BCUT2D eigenvalue weighted by Gasteiger charge is -2.34. The molecule has 3 heterocycles. The fraction of sp³-hybridized carbons (Fsp3) is 0.290. The number of rotatable bonds is 6. The van der Waals surface area contributed by atoms with Crippen LogP contribution in [0, 0.1) is 30.1 Å². The second-order valence-corrected chi connectivity index (χ2v) is 10.8. The Balaban J connectivity index is 1.45. The first-order chi connectivity index (χ1) is 19.8. The number of likely N-dealkylation sites (tertiary alicyclic amines) is 1. The van der Waals surface area contributed by atoms with Crippen LogP contribution in [0.3, 0.4) is 0 Å². The van der Waals surface area contributed by atoms with Crippen molar-refractivity contribution in [3.8, 4) is 6.07 Å². The molecule has 41 heavy (non-hydrogen) atoms. The number of nitriles is 1. The lowest BCUT2D eigenvalue weighted by molar-refractivity contribution is -0.405. The normalized spacial score (nSPS) is 17.3. The molecule has 5 rings (SSSR count). The second kappa shape index (κ2) is 11.9. The van der Waals surface area contributed by atoms with Crippen molar-refractivity contribution in [3.63, 3.8) is 0 Å². The van der Waals surface area contributed by atoms with Crippen molar-refractivity contribution in [3.05, 3.63) is 77.2 Å². The number of halogens is 1. The van der Waals surface area contributed by atoms with Crippen molar-refractivity contribution < 1.29 is 14.2 Å². The summed E-state index contributed by atoms with van der Waals surface area (Å²) in [7, 11) is 1.91. The Morgan fingerprint density at radius 1 is 1.17 bits per heavy atom. The van der Waals surface area contributed by atoms with Gasteiger partial charge in [-0.05, 0) is 60.1 Å². The molecule has 1 aliphatic rings. The number of carbonyl (C=O) groups is 2. The fourth-order valence-electron chi connectivity index (χ4n) is 5.24. The third-order valence-corrected chi connectivity index (χ3v) is 8.13. The van der Waals surface area contributed by atoms with Gasteiger partial charge in [-0.3, -0.25) is 14.2 Å². The molecule has 1 fully saturated rings. The van der Waals surface area contributed by atoms with Gasteiger partial charge >= 0.3 is 5.82 Å². The lowest BCUT2D eigenvalue weighted by Crippen LogP contribution is -2.44. The van der Waals surface area contributed by atoms with Gasteiger partial charge in [0.25, 0.3) is 5.91 Å². The van der Waals surface area contributed by atoms with E-state index >= 15 is 0 Å². The summed E-state index contributed by atoms with van der Waals surface area (Å²) in [6, 6.07) is 16.8. The molecule has 2 aromatic heterocycles. The first kappa shape index (κ1) is 28.0. The van der Waals surface area contributed by atoms with Crippen molar-refractivity contribution in [1.82, 2.24) is 19.4 Å². The van der Waals surface area contributed by atoms with Crippen LogP contribution in [0.4, 0.5) is 17.2 Å². The Kier molecular flexibility index (Phi) is 8.13. The van der Waals surface area contributed by atoms with Gasteiger partial charge in [0.2, 0.25) is 12.2 Å². The van der Waals surface area contributed by atoms with Crippen molar-refractivity contribution in [2.24, 2.45) is 11.8 Å². The molecule has 2 atom stereocenters. The minimum atomic E-state index is -0.230. The van der Waals surface area contributed by atoms with E-state index in [1.165, 1.54) is 10.9 Å². The van der Waals surface area contributed by atoms with Gasteiger partial charge in [-0.1, -0.05) is 36.7 Å². The molecular formula is C31H31ClN7O2+. The Morgan fingerprint density at radius 3 is 2.76 bits per heavy atom. The maximum Gasteiger partial charge on any atom is 0.335 e. The highest BCUT2D eigenvalue weighted by atomic mass is 35.5. The van der Waals surface area contributed by atoms with E-state index in [1.807, 2.05) is 67.1 Å². The molecule has 0 spiro atoms. The molecule has 0 aliphatic carbocycles. The number of nitrogens with zero attached hydrogens (tertiary/aromatic N) is 6. The minimum Gasteiger partial charge on any atom is -0.355 e. The van der Waals surface area contributed by atoms with Crippen molar-refractivity contribution in [1.29, 1.82) is 5.26 Å². The van der Waals surface area contributed by atoms with E-state index < -0.39 is 0 Å². The molecule has 208 valence electrons. The molecule has 0 saturated carbocycles. The quantitative estimate of drug-likeness (QED) is 0.241. The van der Waals surface area contributed by atoms with Crippen molar-refractivity contribution >= 4 is 57.9 Å². The van der Waals surface area contributed by atoms with Gasteiger partial charge in [0.15, 0.2) is 5.65 Å². The predicted molar refractivity (Wildman–Crippen MR) is 159 cm³/mol. The largest absolute Gasteiger partial charge is 0.355 e. The smallest absolute Gasteiger partial charge is 0.335 e. The summed E-state index contributed by atoms with van der Waals surface area (Å²) >= 11 is 6.31. The molecule has 1 amide bonds. The number of carbonyl (C=O) groups excluding carboxylic acids is 2. The molecule has 1 saturated heterocycles. The zero-order chi connectivity index (χ0) is 29.1. The average molecular weight is 569 g/mol. The predicted octanol–water partition coefficient (Wildman–Crippen LogP) is 5.57. The maximum atomic E-state index is 13.8. The van der Waals surface area contributed by atoms with Crippen LogP contribution in [-0.4, -0.2) is 62.2 Å². The van der Waals surface area contributed by atoms with Gasteiger partial charge in [-0.15, -0.1) is 0 Å². The first-order valence-electron chi connectivity index (χ1n) is 13.5. The van der Waals surface area contributed by atoms with E-state index in [9.17, 15) is 9.59 Å². The molecule has 0 bridgehead atoms. The summed E-state index contributed by atoms with van der Waals surface area (Å²) in [4.78, 5) is 36.9. The molecule has 1 aliphatic heterocycles. The van der Waals surface area contributed by atoms with Crippen molar-refractivity contribution in [2.45, 2.75) is 26.7 Å². The van der Waals surface area contributed by atoms with E-state index in [4.69, 9.17) is 16.9 Å². The van der Waals surface area contributed by atoms with E-state index in [0.29, 0.717) is 46.7 Å². The van der Waals surface area contributed by atoms with Gasteiger partial charge in [0, 0.05) is 35.9 Å². The number of para-hydroxylation sites is 1. The SMILES string of the molecule is Cc1c(Cl)cccc1Nc1ccccc1C(=O)n1ccc2c(/[N+](C)=C/C3CN(C(=O)CC#N)CC[C@H]3C)ncnc21. The number of anilines is 2. The molecule has 1 unspecified atom stereocenters. The Bertz CT molecular complexity index is 1700. The highest BCUT2D eigenvalue weighted by Crippen LogP contribution is 2.30. The van der Waals surface area contributed by atoms with E-state index in [1.54, 1.807) is 17.2 Å². The summed E-state index contributed by atoms with van der Waals surface area (Å²) < 4.78 is 3.47. The number of nitrogens with one attached hydrogen (secondary N) is 1. The molecular weight excluding hydrogens is 538 g/mol. The topological polar surface area (TPSA) is 107 Å². The number of aromatic nitrogens is 3. The van der Waals surface area contributed by atoms with Crippen LogP contribution in [-0.2, 0) is 4.79 Å². The summed E-state index contributed by atoms with van der Waals surface area (Å²) in [6.45, 7) is 5.31. The second-order valence-electron chi connectivity index (χ2n) is 10.4. The minimum absolute atomic E-state index is 0.0954. The molecule has 4 aromatic rings. The number of hydrogen-bond acceptors (Lipinski definition) is 6. The van der Waals surface area contributed by atoms with Crippen LogP contribution in [0.25, 0.3) is 11.0 Å². The van der Waals surface area contributed by atoms with Crippen LogP contribution in [0.1, 0.15) is 35.7 Å². The fourth-order valence-corrected chi connectivity index (χ4v) is 5.41. The monoisotopic (exact) mass is 568 g/mol. The zero-order valence-corrected chi connectivity index (χ0v) is 24.0. The number of benzene rings is 2. The Labute approximate surface area is 243 Å². The summed E-state index contributed by atoms with van der Waals surface area (Å²) in [5, 5.41) is 13.7. The number of fused-ring (bicyclic) bond motifs is 1. The van der Waals surface area contributed by atoms with Crippen molar-refractivity contribution in [2.75, 3.05) is 25.5 Å². The number of piperidine rings is 1. The number of amides is 1. The lowest BCUT2D eigenvalue weighted by atomic mass is 9.87. The van der Waals surface area contributed by atoms with Gasteiger partial charge < -0.3 is 10.2 Å². The molecule has 0 radical (unpaired) electrons. The first-order valence-corrected chi connectivity index (χ1v) is 13.9. The molecule has 2 aromatic carbocycles. The highest BCUT2D eigenvalue weighted by Gasteiger charge is 2.30. The molecule has 1 N–H and O–H groups in total. The third-order valence-electron chi connectivity index (χ3n) is 7.72. The number of hydrogen-bond donors (Lipinski definition) is 1. The van der Waals surface area contributed by atoms with Crippen LogP contribution in [0.15, 0.2) is 61.1 Å². The molecule has 10 heteroatoms. The Morgan fingerprint density at radius 2 is 1.95 bits per heavy atom. The maximum absolute atomic E-state index is 13.8. The third kappa shape index (κ3) is 5.70. The van der Waals surface area contributed by atoms with Gasteiger partial charge in [-0.25, -0.2) is 4.58 Å². The summed E-state index contributed by atoms with van der Waals surface area (Å²) in [6.07, 6.45) is 6.00. The van der Waals surface area contributed by atoms with E-state index in [2.05, 4.69) is 28.4 Å². The van der Waals surface area contributed by atoms with Gasteiger partial charge in [-0.2, -0.15) is 10.2 Å². The average Bonchev–Trinajstić information content (AvgIpc) is 3.41. The highest BCUT2D eigenvalue weighted by molar-refractivity contribution is 6.31. The van der Waals surface area contributed by atoms with Gasteiger partial charge in [0.1, 0.15) is 11.8 Å². The van der Waals surface area contributed by atoms with Crippen LogP contribution >= 0.6 is 11.6 Å². The standard InChI is InChI=1S/C31H30ClN7O2/c1-20-12-15-38(28(40)11-14-33)18-22(20)17-37(3)29-24-13-16-39(30(24)35-19-34-29)31(41)23-7-4-5-9-27(23)36-26-10-6-8-25(32)21(26)2/h4-10,13,16-17,19-20,22H,11-12,15,18H2,1-3H3/p+1/b37-17+/t20-,22?/m1/s1. The van der Waals surface area contributed by atoms with E-state index in [-0.39, 0.29) is 24.2 Å². The summed E-state index contributed by atoms with van der Waals surface area (Å²) in [5.41, 5.74) is 3.36. The Hall–Kier alpha value is -4.55. The summed E-state index contributed by atoms with van der Waals surface area (Å²) in [5.74, 6) is 0.750.